The number of nitrogens with zero attached hydrogens (tertiary/aromatic N) is 2. The van der Waals surface area contributed by atoms with Crippen molar-refractivity contribution in [2.75, 3.05) is 16.0 Å². The highest BCUT2D eigenvalue weighted by atomic mass is 16.1. The SMILES string of the molecule is CCC(C)Nc1nc(C)cc(Nc2cccc(NC(C)=O)c2)n1. The highest BCUT2D eigenvalue weighted by Crippen LogP contribution is 2.20. The Hall–Kier alpha value is -2.63. The Bertz CT molecular complexity index is 686. The average molecular weight is 313 g/mol. The molecule has 1 heterocycles. The molecular formula is C17H23N5O. The minimum atomic E-state index is -0.0972. The van der Waals surface area contributed by atoms with E-state index in [0.29, 0.717) is 17.8 Å². The minimum Gasteiger partial charge on any atom is -0.352 e. The van der Waals surface area contributed by atoms with Gasteiger partial charge in [0.1, 0.15) is 5.82 Å². The van der Waals surface area contributed by atoms with E-state index >= 15 is 0 Å². The third-order valence-corrected chi connectivity index (χ3v) is 3.30. The van der Waals surface area contributed by atoms with Crippen molar-refractivity contribution < 1.29 is 4.79 Å². The van der Waals surface area contributed by atoms with E-state index in [9.17, 15) is 4.79 Å². The molecule has 0 spiro atoms. The molecule has 23 heavy (non-hydrogen) atoms. The second kappa shape index (κ2) is 7.58. The molecule has 0 aliphatic rings. The van der Waals surface area contributed by atoms with Gasteiger partial charge in [-0.15, -0.1) is 0 Å². The van der Waals surface area contributed by atoms with Crippen LogP contribution >= 0.6 is 0 Å². The summed E-state index contributed by atoms with van der Waals surface area (Å²) < 4.78 is 0. The first-order valence-corrected chi connectivity index (χ1v) is 7.73. The molecule has 6 heteroatoms. The van der Waals surface area contributed by atoms with Gasteiger partial charge >= 0.3 is 0 Å². The fraction of sp³-hybridized carbons (Fsp3) is 0.353. The van der Waals surface area contributed by atoms with E-state index in [-0.39, 0.29) is 5.91 Å². The summed E-state index contributed by atoms with van der Waals surface area (Å²) in [6, 6.07) is 9.69. The molecule has 0 aliphatic carbocycles. The molecule has 6 nitrogen and oxygen atoms in total. The van der Waals surface area contributed by atoms with Crippen LogP contribution in [0.5, 0.6) is 0 Å². The van der Waals surface area contributed by atoms with E-state index in [0.717, 1.165) is 23.5 Å². The summed E-state index contributed by atoms with van der Waals surface area (Å²) in [5.41, 5.74) is 2.47. The third-order valence-electron chi connectivity index (χ3n) is 3.30. The molecule has 1 atom stereocenters. The maximum Gasteiger partial charge on any atom is 0.225 e. The Labute approximate surface area is 136 Å². The van der Waals surface area contributed by atoms with Gasteiger partial charge in [0, 0.05) is 36.1 Å². The molecule has 0 radical (unpaired) electrons. The molecule has 0 fully saturated rings. The van der Waals surface area contributed by atoms with Gasteiger partial charge in [0.05, 0.1) is 0 Å². The van der Waals surface area contributed by atoms with E-state index in [4.69, 9.17) is 0 Å². The Balaban J connectivity index is 2.17. The first kappa shape index (κ1) is 16.7. The van der Waals surface area contributed by atoms with Gasteiger partial charge in [-0.1, -0.05) is 13.0 Å². The molecule has 1 aromatic carbocycles. The molecule has 0 aliphatic heterocycles. The number of aromatic nitrogens is 2. The van der Waals surface area contributed by atoms with Crippen LogP contribution in [0.1, 0.15) is 32.9 Å². The van der Waals surface area contributed by atoms with Crippen LogP contribution in [0, 0.1) is 6.92 Å². The van der Waals surface area contributed by atoms with Crippen LogP contribution in [-0.2, 0) is 4.79 Å². The van der Waals surface area contributed by atoms with E-state index in [1.54, 1.807) is 0 Å². The third kappa shape index (κ3) is 5.25. The van der Waals surface area contributed by atoms with Gasteiger partial charge in [0.2, 0.25) is 11.9 Å². The number of hydrogen-bond donors (Lipinski definition) is 3. The number of carbonyl (C=O) groups excluding carboxylic acids is 1. The van der Waals surface area contributed by atoms with Crippen LogP contribution < -0.4 is 16.0 Å². The number of amides is 1. The molecule has 0 bridgehead atoms. The van der Waals surface area contributed by atoms with Gasteiger partial charge in [-0.05, 0) is 38.5 Å². The summed E-state index contributed by atoms with van der Waals surface area (Å²) in [5, 5.41) is 9.29. The highest BCUT2D eigenvalue weighted by molar-refractivity contribution is 5.89. The normalized spacial score (nSPS) is 11.7. The minimum absolute atomic E-state index is 0.0972. The zero-order valence-electron chi connectivity index (χ0n) is 14.0. The van der Waals surface area contributed by atoms with Gasteiger partial charge in [-0.3, -0.25) is 4.79 Å². The Kier molecular flexibility index (Phi) is 5.51. The molecule has 0 saturated heterocycles. The van der Waals surface area contributed by atoms with Crippen molar-refractivity contribution in [2.45, 2.75) is 40.2 Å². The molecule has 1 aromatic heterocycles. The lowest BCUT2D eigenvalue weighted by molar-refractivity contribution is -0.114. The maximum atomic E-state index is 11.1. The number of nitrogens with one attached hydrogen (secondary N) is 3. The Morgan fingerprint density at radius 3 is 2.65 bits per heavy atom. The molecular weight excluding hydrogens is 290 g/mol. The van der Waals surface area contributed by atoms with Gasteiger partial charge in [0.15, 0.2) is 0 Å². The zero-order chi connectivity index (χ0) is 16.8. The Morgan fingerprint density at radius 1 is 1.22 bits per heavy atom. The fourth-order valence-electron chi connectivity index (χ4n) is 2.05. The van der Waals surface area contributed by atoms with Crippen molar-refractivity contribution in [3.63, 3.8) is 0 Å². The molecule has 0 saturated carbocycles. The van der Waals surface area contributed by atoms with Gasteiger partial charge in [0.25, 0.3) is 0 Å². The first-order chi connectivity index (χ1) is 11.0. The van der Waals surface area contributed by atoms with Crippen LogP contribution in [0.15, 0.2) is 30.3 Å². The fourth-order valence-corrected chi connectivity index (χ4v) is 2.05. The number of anilines is 4. The van der Waals surface area contributed by atoms with Crippen molar-refractivity contribution in [1.82, 2.24) is 9.97 Å². The van der Waals surface area contributed by atoms with E-state index in [1.807, 2.05) is 37.3 Å². The number of rotatable bonds is 6. The number of carbonyl (C=O) groups is 1. The smallest absolute Gasteiger partial charge is 0.225 e. The summed E-state index contributed by atoms with van der Waals surface area (Å²) in [5.74, 6) is 1.23. The highest BCUT2D eigenvalue weighted by Gasteiger charge is 2.06. The predicted octanol–water partition coefficient (Wildman–Crippen LogP) is 3.70. The lowest BCUT2D eigenvalue weighted by Gasteiger charge is -2.14. The summed E-state index contributed by atoms with van der Waals surface area (Å²) >= 11 is 0. The van der Waals surface area contributed by atoms with Gasteiger partial charge in [-0.2, -0.15) is 4.98 Å². The average Bonchev–Trinajstić information content (AvgIpc) is 2.46. The van der Waals surface area contributed by atoms with Crippen molar-refractivity contribution in [2.24, 2.45) is 0 Å². The van der Waals surface area contributed by atoms with Gasteiger partial charge < -0.3 is 16.0 Å². The van der Waals surface area contributed by atoms with Crippen molar-refractivity contribution >= 4 is 29.0 Å². The van der Waals surface area contributed by atoms with Crippen LogP contribution in [0.4, 0.5) is 23.1 Å². The molecule has 2 aromatic rings. The van der Waals surface area contributed by atoms with Crippen LogP contribution in [0.3, 0.4) is 0 Å². The molecule has 1 amide bonds. The largest absolute Gasteiger partial charge is 0.352 e. The second-order valence-electron chi connectivity index (χ2n) is 5.56. The van der Waals surface area contributed by atoms with E-state index in [2.05, 4.69) is 39.8 Å². The van der Waals surface area contributed by atoms with Gasteiger partial charge in [-0.25, -0.2) is 4.98 Å². The molecule has 1 unspecified atom stereocenters. The lowest BCUT2D eigenvalue weighted by atomic mass is 10.2. The zero-order valence-corrected chi connectivity index (χ0v) is 14.0. The Morgan fingerprint density at radius 2 is 1.96 bits per heavy atom. The quantitative estimate of drug-likeness (QED) is 0.758. The van der Waals surface area contributed by atoms with E-state index in [1.165, 1.54) is 6.92 Å². The van der Waals surface area contributed by atoms with Crippen molar-refractivity contribution in [3.8, 4) is 0 Å². The predicted molar refractivity (Wildman–Crippen MR) is 94.2 cm³/mol. The summed E-state index contributed by atoms with van der Waals surface area (Å²) in [6.45, 7) is 7.62. The van der Waals surface area contributed by atoms with Crippen molar-refractivity contribution in [3.05, 3.63) is 36.0 Å². The molecule has 2 rings (SSSR count). The van der Waals surface area contributed by atoms with Crippen LogP contribution in [0.25, 0.3) is 0 Å². The number of aryl methyl sites for hydroxylation is 1. The number of benzene rings is 1. The standard InChI is InChI=1S/C17H23N5O/c1-5-11(2)18-17-19-12(3)9-16(22-17)21-15-8-6-7-14(10-15)20-13(4)23/h6-11H,5H2,1-4H3,(H,20,23)(H2,18,19,21,22). The molecule has 3 N–H and O–H groups in total. The monoisotopic (exact) mass is 313 g/mol. The summed E-state index contributed by atoms with van der Waals surface area (Å²) in [6.07, 6.45) is 0.999. The lowest BCUT2D eigenvalue weighted by Crippen LogP contribution is -2.16. The van der Waals surface area contributed by atoms with Crippen molar-refractivity contribution in [1.29, 1.82) is 0 Å². The van der Waals surface area contributed by atoms with Crippen LogP contribution in [-0.4, -0.2) is 21.9 Å². The number of hydrogen-bond acceptors (Lipinski definition) is 5. The molecule has 122 valence electrons. The first-order valence-electron chi connectivity index (χ1n) is 7.73. The van der Waals surface area contributed by atoms with Crippen LogP contribution in [0.2, 0.25) is 0 Å². The summed E-state index contributed by atoms with van der Waals surface area (Å²) in [7, 11) is 0. The topological polar surface area (TPSA) is 78.9 Å². The second-order valence-corrected chi connectivity index (χ2v) is 5.56. The maximum absolute atomic E-state index is 11.1. The van der Waals surface area contributed by atoms with E-state index < -0.39 is 0 Å². The summed E-state index contributed by atoms with van der Waals surface area (Å²) in [4.78, 5) is 20.0.